The average Bonchev–Trinajstić information content (AvgIpc) is 2.36. The van der Waals surface area contributed by atoms with Crippen molar-refractivity contribution in [3.05, 3.63) is 35.4 Å². The van der Waals surface area contributed by atoms with Crippen molar-refractivity contribution in [1.82, 2.24) is 10.2 Å². The Labute approximate surface area is 116 Å². The van der Waals surface area contributed by atoms with Gasteiger partial charge in [-0.2, -0.15) is 0 Å². The molecule has 0 atom stereocenters. The zero-order valence-electron chi connectivity index (χ0n) is 11.7. The van der Waals surface area contributed by atoms with Gasteiger partial charge in [-0.25, -0.2) is 8.78 Å². The van der Waals surface area contributed by atoms with E-state index in [1.165, 1.54) is 13.0 Å². The molecule has 0 spiro atoms. The molecule has 0 fully saturated rings. The number of amides is 2. The van der Waals surface area contributed by atoms with Gasteiger partial charge >= 0.3 is 0 Å². The van der Waals surface area contributed by atoms with Crippen LogP contribution in [-0.4, -0.2) is 35.8 Å². The van der Waals surface area contributed by atoms with Gasteiger partial charge in [0.05, 0.1) is 0 Å². The third-order valence-electron chi connectivity index (χ3n) is 2.85. The molecule has 0 heterocycles. The van der Waals surface area contributed by atoms with Crippen LogP contribution in [0.1, 0.15) is 31.1 Å². The van der Waals surface area contributed by atoms with E-state index in [0.717, 1.165) is 12.1 Å². The van der Waals surface area contributed by atoms with Crippen molar-refractivity contribution in [3.8, 4) is 0 Å². The lowest BCUT2D eigenvalue weighted by Gasteiger charge is -2.25. The first-order chi connectivity index (χ1) is 9.32. The summed E-state index contributed by atoms with van der Waals surface area (Å²) in [5.74, 6) is -2.65. The smallest absolute Gasteiger partial charge is 0.251 e. The lowest BCUT2D eigenvalue weighted by molar-refractivity contribution is -0.130. The Morgan fingerprint density at radius 2 is 1.90 bits per heavy atom. The van der Waals surface area contributed by atoms with Crippen molar-refractivity contribution in [2.45, 2.75) is 26.8 Å². The van der Waals surface area contributed by atoms with Crippen LogP contribution in [-0.2, 0) is 4.79 Å². The Balaban J connectivity index is 2.55. The summed E-state index contributed by atoms with van der Waals surface area (Å²) in [6.45, 7) is 5.81. The quantitative estimate of drug-likeness (QED) is 0.898. The van der Waals surface area contributed by atoms with E-state index in [0.29, 0.717) is 6.54 Å². The lowest BCUT2D eigenvalue weighted by Crippen LogP contribution is -2.41. The van der Waals surface area contributed by atoms with Gasteiger partial charge in [-0.3, -0.25) is 9.59 Å². The third kappa shape index (κ3) is 4.29. The minimum atomic E-state index is -1.06. The first kappa shape index (κ1) is 16.1. The molecule has 4 nitrogen and oxygen atoms in total. The molecule has 0 aliphatic rings. The van der Waals surface area contributed by atoms with Gasteiger partial charge in [-0.1, -0.05) is 0 Å². The highest BCUT2D eigenvalue weighted by Gasteiger charge is 2.13. The van der Waals surface area contributed by atoms with Gasteiger partial charge in [0.1, 0.15) is 0 Å². The number of hydrogen-bond acceptors (Lipinski definition) is 2. The molecule has 0 aliphatic heterocycles. The summed E-state index contributed by atoms with van der Waals surface area (Å²) in [7, 11) is 0. The van der Waals surface area contributed by atoms with Gasteiger partial charge in [-0.05, 0) is 32.0 Å². The molecular formula is C14H18F2N2O2. The monoisotopic (exact) mass is 284 g/mol. The molecular weight excluding hydrogens is 266 g/mol. The van der Waals surface area contributed by atoms with Crippen molar-refractivity contribution < 1.29 is 18.4 Å². The zero-order chi connectivity index (χ0) is 15.3. The number of hydrogen-bond donors (Lipinski definition) is 1. The Morgan fingerprint density at radius 3 is 2.40 bits per heavy atom. The highest BCUT2D eigenvalue weighted by Crippen LogP contribution is 2.08. The summed E-state index contributed by atoms with van der Waals surface area (Å²) in [4.78, 5) is 24.7. The topological polar surface area (TPSA) is 49.4 Å². The maximum Gasteiger partial charge on any atom is 0.251 e. The molecule has 0 unspecified atom stereocenters. The van der Waals surface area contributed by atoms with Gasteiger partial charge in [0.2, 0.25) is 5.91 Å². The predicted octanol–water partition coefficient (Wildman–Crippen LogP) is 1.95. The molecule has 0 radical (unpaired) electrons. The minimum absolute atomic E-state index is 0.0349. The van der Waals surface area contributed by atoms with Crippen LogP contribution in [0.25, 0.3) is 0 Å². The first-order valence-corrected chi connectivity index (χ1v) is 6.33. The second kappa shape index (κ2) is 6.98. The number of rotatable bonds is 5. The number of nitrogens with one attached hydrogen (secondary N) is 1. The van der Waals surface area contributed by atoms with Crippen LogP contribution in [0.3, 0.4) is 0 Å². The van der Waals surface area contributed by atoms with Crippen LogP contribution in [0.15, 0.2) is 18.2 Å². The van der Waals surface area contributed by atoms with Gasteiger partial charge in [0.15, 0.2) is 11.6 Å². The summed E-state index contributed by atoms with van der Waals surface area (Å²) in [6.07, 6.45) is 0. The van der Waals surface area contributed by atoms with Gasteiger partial charge in [0, 0.05) is 31.6 Å². The number of benzene rings is 1. The minimum Gasteiger partial charge on any atom is -0.350 e. The van der Waals surface area contributed by atoms with E-state index >= 15 is 0 Å². The van der Waals surface area contributed by atoms with E-state index < -0.39 is 17.5 Å². The number of carbonyl (C=O) groups excluding carboxylic acids is 2. The molecule has 2 amide bonds. The molecule has 1 aromatic carbocycles. The molecule has 0 aliphatic carbocycles. The van der Waals surface area contributed by atoms with Crippen molar-refractivity contribution >= 4 is 11.8 Å². The molecule has 20 heavy (non-hydrogen) atoms. The van der Waals surface area contributed by atoms with Gasteiger partial charge < -0.3 is 10.2 Å². The zero-order valence-corrected chi connectivity index (χ0v) is 11.7. The fourth-order valence-corrected chi connectivity index (χ4v) is 1.81. The summed E-state index contributed by atoms with van der Waals surface area (Å²) in [5.41, 5.74) is 0.0443. The summed E-state index contributed by atoms with van der Waals surface area (Å²) in [6, 6.07) is 2.99. The van der Waals surface area contributed by atoms with Gasteiger partial charge in [0.25, 0.3) is 5.91 Å². The molecule has 110 valence electrons. The Morgan fingerprint density at radius 1 is 1.25 bits per heavy atom. The van der Waals surface area contributed by atoms with Crippen molar-refractivity contribution in [1.29, 1.82) is 0 Å². The lowest BCUT2D eigenvalue weighted by atomic mass is 10.2. The second-order valence-corrected chi connectivity index (χ2v) is 4.69. The van der Waals surface area contributed by atoms with Crippen LogP contribution in [0.2, 0.25) is 0 Å². The molecule has 0 saturated carbocycles. The first-order valence-electron chi connectivity index (χ1n) is 6.33. The fraction of sp³-hybridized carbons (Fsp3) is 0.429. The van der Waals surface area contributed by atoms with E-state index in [1.807, 2.05) is 13.8 Å². The molecule has 1 rings (SSSR count). The summed E-state index contributed by atoms with van der Waals surface area (Å²) in [5, 5.41) is 2.56. The van der Waals surface area contributed by atoms with E-state index in [-0.39, 0.29) is 24.1 Å². The van der Waals surface area contributed by atoms with E-state index in [9.17, 15) is 18.4 Å². The normalized spacial score (nSPS) is 10.5. The third-order valence-corrected chi connectivity index (χ3v) is 2.85. The Kier molecular flexibility index (Phi) is 5.61. The van der Waals surface area contributed by atoms with E-state index in [1.54, 1.807) is 4.90 Å². The largest absolute Gasteiger partial charge is 0.350 e. The Bertz CT molecular complexity index is 504. The van der Waals surface area contributed by atoms with Gasteiger partial charge in [-0.15, -0.1) is 0 Å². The van der Waals surface area contributed by atoms with E-state index in [2.05, 4.69) is 5.32 Å². The summed E-state index contributed by atoms with van der Waals surface area (Å²) < 4.78 is 25.7. The average molecular weight is 284 g/mol. The van der Waals surface area contributed by atoms with Crippen molar-refractivity contribution in [2.24, 2.45) is 0 Å². The van der Waals surface area contributed by atoms with Crippen molar-refractivity contribution in [2.75, 3.05) is 13.1 Å². The summed E-state index contributed by atoms with van der Waals surface area (Å²) >= 11 is 0. The molecule has 0 bridgehead atoms. The predicted molar refractivity (Wildman–Crippen MR) is 71.2 cm³/mol. The number of halogens is 2. The highest BCUT2D eigenvalue weighted by atomic mass is 19.2. The number of carbonyl (C=O) groups is 2. The van der Waals surface area contributed by atoms with Crippen LogP contribution in [0.5, 0.6) is 0 Å². The standard InChI is InChI=1S/C14H18F2N2O2/c1-9(2)18(10(3)19)7-6-17-14(20)11-4-5-12(15)13(16)8-11/h4-5,8-9H,6-7H2,1-3H3,(H,17,20). The number of nitrogens with zero attached hydrogens (tertiary/aromatic N) is 1. The molecule has 0 aromatic heterocycles. The fourth-order valence-electron chi connectivity index (χ4n) is 1.81. The van der Waals surface area contributed by atoms with E-state index in [4.69, 9.17) is 0 Å². The Hall–Kier alpha value is -1.98. The van der Waals surface area contributed by atoms with Crippen molar-refractivity contribution in [3.63, 3.8) is 0 Å². The molecule has 1 aromatic rings. The van der Waals surface area contributed by atoms with Crippen LogP contribution in [0.4, 0.5) is 8.78 Å². The van der Waals surface area contributed by atoms with Crippen LogP contribution >= 0.6 is 0 Å². The maximum absolute atomic E-state index is 13.0. The maximum atomic E-state index is 13.0. The van der Waals surface area contributed by atoms with Crippen LogP contribution < -0.4 is 5.32 Å². The molecule has 6 heteroatoms. The molecule has 1 N–H and O–H groups in total. The highest BCUT2D eigenvalue weighted by molar-refractivity contribution is 5.94. The second-order valence-electron chi connectivity index (χ2n) is 4.69. The van der Waals surface area contributed by atoms with Crippen LogP contribution in [0, 0.1) is 11.6 Å². The molecule has 0 saturated heterocycles. The SMILES string of the molecule is CC(=O)N(CCNC(=O)c1ccc(F)c(F)c1)C(C)C.